The molecule has 7 heteroatoms. The first kappa shape index (κ1) is 19.2. The summed E-state index contributed by atoms with van der Waals surface area (Å²) < 4.78 is 43.7. The number of aryl methyl sites for hydroxylation is 1. The van der Waals surface area contributed by atoms with Crippen molar-refractivity contribution in [1.82, 2.24) is 4.57 Å². The van der Waals surface area contributed by atoms with Crippen molar-refractivity contribution in [3.8, 4) is 16.3 Å². The van der Waals surface area contributed by atoms with Gasteiger partial charge in [-0.2, -0.15) is 17.7 Å². The van der Waals surface area contributed by atoms with Gasteiger partial charge in [0.05, 0.1) is 17.0 Å². The smallest absolute Gasteiger partial charge is 0.233 e. The maximum atomic E-state index is 13.2. The molecule has 0 fully saturated rings. The Bertz CT molecular complexity index is 885. The zero-order chi connectivity index (χ0) is 17.4. The van der Waals surface area contributed by atoms with Crippen LogP contribution in [-0.4, -0.2) is 4.57 Å². The van der Waals surface area contributed by atoms with Crippen LogP contribution >= 0.6 is 28.3 Å². The van der Waals surface area contributed by atoms with E-state index in [1.54, 1.807) is 17.4 Å². The lowest BCUT2D eigenvalue weighted by atomic mass is 10.1. The molecule has 0 atom stereocenters. The fraction of sp³-hybridized carbons (Fsp3) is 0.316. The standard InChI is InChI=1S/C19H18F3N2S.BrH/c20-19(21,22)14-6-4-7-15(12-14)24-16(17-8-5-11-25-17)13-23-10-3-1-2-9-18(23)24;/h4-8,11-13H,1-3,9-10H2;1H/q+1;. The number of hydrogen-bond acceptors (Lipinski definition) is 1. The molecule has 2 aromatic heterocycles. The molecule has 4 rings (SSSR count). The van der Waals surface area contributed by atoms with E-state index < -0.39 is 11.7 Å². The van der Waals surface area contributed by atoms with Crippen molar-refractivity contribution in [3.05, 3.63) is 59.4 Å². The second kappa shape index (κ2) is 7.56. The topological polar surface area (TPSA) is 8.81 Å². The molecule has 0 N–H and O–H groups in total. The van der Waals surface area contributed by atoms with Gasteiger partial charge in [-0.1, -0.05) is 12.1 Å². The first-order valence-electron chi connectivity index (χ1n) is 8.39. The lowest BCUT2D eigenvalue weighted by molar-refractivity contribution is -0.702. The minimum Gasteiger partial charge on any atom is -0.233 e. The molecule has 3 heterocycles. The predicted octanol–water partition coefficient (Wildman–Crippen LogP) is 5.82. The summed E-state index contributed by atoms with van der Waals surface area (Å²) in [5.74, 6) is 1.08. The number of imidazole rings is 1. The van der Waals surface area contributed by atoms with Crippen LogP contribution in [0, 0.1) is 0 Å². The van der Waals surface area contributed by atoms with Crippen LogP contribution in [0.2, 0.25) is 0 Å². The Morgan fingerprint density at radius 1 is 1.04 bits per heavy atom. The van der Waals surface area contributed by atoms with Crippen LogP contribution in [-0.2, 0) is 19.1 Å². The minimum atomic E-state index is -4.34. The molecule has 1 aliphatic rings. The van der Waals surface area contributed by atoms with Gasteiger partial charge in [0.2, 0.25) is 0 Å². The molecular weight excluding hydrogens is 425 g/mol. The first-order chi connectivity index (χ1) is 12.0. The summed E-state index contributed by atoms with van der Waals surface area (Å²) in [6, 6.07) is 9.62. The molecule has 0 bridgehead atoms. The van der Waals surface area contributed by atoms with Gasteiger partial charge in [0.15, 0.2) is 5.69 Å². The summed E-state index contributed by atoms with van der Waals surface area (Å²) in [6.45, 7) is 0.916. The van der Waals surface area contributed by atoms with Gasteiger partial charge in [-0.05, 0) is 48.9 Å². The Morgan fingerprint density at radius 2 is 1.88 bits per heavy atom. The number of hydrogen-bond donors (Lipinski definition) is 0. The average Bonchev–Trinajstić information content (AvgIpc) is 3.17. The summed E-state index contributed by atoms with van der Waals surface area (Å²) in [5.41, 5.74) is 0.934. The third-order valence-corrected chi connectivity index (χ3v) is 5.51. The van der Waals surface area contributed by atoms with E-state index in [0.717, 1.165) is 54.7 Å². The number of thiophene rings is 1. The lowest BCUT2D eigenvalue weighted by Gasteiger charge is -2.09. The van der Waals surface area contributed by atoms with E-state index in [4.69, 9.17) is 0 Å². The molecule has 138 valence electrons. The van der Waals surface area contributed by atoms with Crippen LogP contribution in [0.15, 0.2) is 48.0 Å². The SMILES string of the molecule is Br.FC(F)(F)c1cccc(-n2c(-c3cccs3)c[n+]3c2CCCCC3)c1. The molecule has 0 saturated heterocycles. The van der Waals surface area contributed by atoms with Gasteiger partial charge >= 0.3 is 6.18 Å². The quantitative estimate of drug-likeness (QED) is 0.441. The Morgan fingerprint density at radius 3 is 2.62 bits per heavy atom. The molecule has 0 unspecified atom stereocenters. The van der Waals surface area contributed by atoms with Gasteiger partial charge < -0.3 is 0 Å². The highest BCUT2D eigenvalue weighted by Crippen LogP contribution is 2.33. The van der Waals surface area contributed by atoms with Crippen molar-refractivity contribution in [2.75, 3.05) is 0 Å². The van der Waals surface area contributed by atoms with Gasteiger partial charge in [0, 0.05) is 6.42 Å². The summed E-state index contributed by atoms with van der Waals surface area (Å²) in [4.78, 5) is 1.07. The Balaban J connectivity index is 0.00000196. The average molecular weight is 444 g/mol. The van der Waals surface area contributed by atoms with E-state index in [9.17, 15) is 13.2 Å². The van der Waals surface area contributed by atoms with E-state index in [1.807, 2.05) is 22.1 Å². The van der Waals surface area contributed by atoms with Crippen LogP contribution in [0.1, 0.15) is 30.7 Å². The van der Waals surface area contributed by atoms with E-state index in [1.165, 1.54) is 12.1 Å². The first-order valence-corrected chi connectivity index (χ1v) is 9.27. The van der Waals surface area contributed by atoms with Crippen molar-refractivity contribution in [2.24, 2.45) is 0 Å². The third-order valence-electron chi connectivity index (χ3n) is 4.61. The second-order valence-electron chi connectivity index (χ2n) is 6.30. The van der Waals surface area contributed by atoms with Crippen LogP contribution in [0.3, 0.4) is 0 Å². The fourth-order valence-corrected chi connectivity index (χ4v) is 4.17. The van der Waals surface area contributed by atoms with Gasteiger partial charge in [-0.15, -0.1) is 28.3 Å². The van der Waals surface area contributed by atoms with E-state index in [-0.39, 0.29) is 17.0 Å². The maximum absolute atomic E-state index is 13.2. The van der Waals surface area contributed by atoms with Gasteiger partial charge in [0.25, 0.3) is 5.82 Å². The molecule has 1 aliphatic heterocycles. The third kappa shape index (κ3) is 3.60. The summed E-state index contributed by atoms with van der Waals surface area (Å²) in [7, 11) is 0. The normalized spacial score (nSPS) is 14.4. The van der Waals surface area contributed by atoms with Crippen molar-refractivity contribution in [1.29, 1.82) is 0 Å². The molecular formula is C19H19BrF3N2S+. The number of fused-ring (bicyclic) bond motifs is 1. The van der Waals surface area contributed by atoms with E-state index in [0.29, 0.717) is 5.69 Å². The monoisotopic (exact) mass is 443 g/mol. The second-order valence-corrected chi connectivity index (χ2v) is 7.24. The summed E-state index contributed by atoms with van der Waals surface area (Å²) in [5, 5.41) is 1.99. The highest BCUT2D eigenvalue weighted by Gasteiger charge is 2.33. The summed E-state index contributed by atoms with van der Waals surface area (Å²) in [6.07, 6.45) is 1.95. The van der Waals surface area contributed by atoms with Gasteiger partial charge in [0.1, 0.15) is 11.9 Å². The highest BCUT2D eigenvalue weighted by atomic mass is 79.9. The van der Waals surface area contributed by atoms with E-state index in [2.05, 4.69) is 10.8 Å². The molecule has 0 amide bonds. The molecule has 2 nitrogen and oxygen atoms in total. The number of benzene rings is 1. The molecule has 0 radical (unpaired) electrons. The fourth-order valence-electron chi connectivity index (χ4n) is 3.45. The zero-order valence-electron chi connectivity index (χ0n) is 14.0. The number of aromatic nitrogens is 2. The molecule has 0 aliphatic carbocycles. The minimum absolute atomic E-state index is 0. The van der Waals surface area contributed by atoms with E-state index >= 15 is 0 Å². The largest absolute Gasteiger partial charge is 0.416 e. The number of rotatable bonds is 2. The number of halogens is 4. The Hall–Kier alpha value is -1.60. The van der Waals surface area contributed by atoms with Gasteiger partial charge in [-0.3, -0.25) is 0 Å². The van der Waals surface area contributed by atoms with Crippen LogP contribution in [0.4, 0.5) is 13.2 Å². The van der Waals surface area contributed by atoms with Crippen molar-refractivity contribution in [2.45, 2.75) is 38.4 Å². The van der Waals surface area contributed by atoms with Crippen molar-refractivity contribution >= 4 is 28.3 Å². The molecule has 0 saturated carbocycles. The van der Waals surface area contributed by atoms with Crippen LogP contribution in [0.25, 0.3) is 16.3 Å². The van der Waals surface area contributed by atoms with Crippen LogP contribution < -0.4 is 4.57 Å². The predicted molar refractivity (Wildman–Crippen MR) is 102 cm³/mol. The zero-order valence-corrected chi connectivity index (χ0v) is 16.5. The molecule has 0 spiro atoms. The number of alkyl halides is 3. The van der Waals surface area contributed by atoms with Crippen molar-refractivity contribution in [3.63, 3.8) is 0 Å². The molecule has 26 heavy (non-hydrogen) atoms. The van der Waals surface area contributed by atoms with Crippen LogP contribution in [0.5, 0.6) is 0 Å². The maximum Gasteiger partial charge on any atom is 0.416 e. The highest BCUT2D eigenvalue weighted by molar-refractivity contribution is 8.93. The molecule has 3 aromatic rings. The van der Waals surface area contributed by atoms with Gasteiger partial charge in [-0.25, -0.2) is 4.57 Å². The molecule has 1 aromatic carbocycles. The Labute approximate surface area is 164 Å². The number of nitrogens with zero attached hydrogens (tertiary/aromatic N) is 2. The lowest BCUT2D eigenvalue weighted by Crippen LogP contribution is -2.35. The van der Waals surface area contributed by atoms with Crippen molar-refractivity contribution < 1.29 is 17.7 Å². The Kier molecular flexibility index (Phi) is 5.58. The summed E-state index contributed by atoms with van der Waals surface area (Å²) >= 11 is 1.61.